The zero-order valence-electron chi connectivity index (χ0n) is 8.16. The molecule has 1 aromatic heterocycles. The summed E-state index contributed by atoms with van der Waals surface area (Å²) >= 11 is 0. The van der Waals surface area contributed by atoms with Crippen molar-refractivity contribution in [1.29, 1.82) is 0 Å². The zero-order valence-corrected chi connectivity index (χ0v) is 8.16. The van der Waals surface area contributed by atoms with Crippen molar-refractivity contribution < 1.29 is 14.0 Å². The highest BCUT2D eigenvalue weighted by Crippen LogP contribution is 2.17. The molecule has 2 nitrogen and oxygen atoms in total. The van der Waals surface area contributed by atoms with Gasteiger partial charge >= 0.3 is 0 Å². The van der Waals surface area contributed by atoms with Crippen LogP contribution < -0.4 is 9.57 Å². The van der Waals surface area contributed by atoms with Gasteiger partial charge in [-0.2, -0.15) is 0 Å². The van der Waals surface area contributed by atoms with Crippen LogP contribution in [0.25, 0.3) is 0 Å². The Bertz CT molecular complexity index is 280. The Balaban J connectivity index is 1.92. The molecule has 0 radical (unpaired) electrons. The molecule has 0 bridgehead atoms. The van der Waals surface area contributed by atoms with Gasteiger partial charge in [0.25, 0.3) is 0 Å². The quantitative estimate of drug-likeness (QED) is 0.658. The van der Waals surface area contributed by atoms with E-state index < -0.39 is 0 Å². The first-order chi connectivity index (χ1) is 6.84. The van der Waals surface area contributed by atoms with Crippen molar-refractivity contribution in [2.45, 2.75) is 38.2 Å². The van der Waals surface area contributed by atoms with Crippen molar-refractivity contribution in [3.05, 3.63) is 30.3 Å². The molecule has 0 aliphatic heterocycles. The molecule has 1 aliphatic rings. The van der Waals surface area contributed by atoms with E-state index >= 15 is 0 Å². The molecular weight excluding hydrogens is 181 g/mol. The molecule has 1 aliphatic carbocycles. The number of hydrogen-bond donors (Lipinski definition) is 0. The lowest BCUT2D eigenvalue weighted by molar-refractivity contribution is -0.899. The third-order valence-electron chi connectivity index (χ3n) is 2.58. The Morgan fingerprint density at radius 2 is 1.79 bits per heavy atom. The molecule has 1 heterocycles. The molecule has 3 heteroatoms. The third kappa shape index (κ3) is 2.44. The zero-order chi connectivity index (χ0) is 9.80. The number of hydrogen-bond acceptors (Lipinski definition) is 1. The maximum Gasteiger partial charge on any atom is 0.225 e. The summed E-state index contributed by atoms with van der Waals surface area (Å²) in [7, 11) is 0. The van der Waals surface area contributed by atoms with Gasteiger partial charge in [-0.1, -0.05) is 6.42 Å². The highest BCUT2D eigenvalue weighted by atomic mass is 19.1. The summed E-state index contributed by atoms with van der Waals surface area (Å²) in [4.78, 5) is 5.66. The van der Waals surface area contributed by atoms with Crippen LogP contribution in [0.4, 0.5) is 4.39 Å². The number of rotatable bonds is 2. The predicted octanol–water partition coefficient (Wildman–Crippen LogP) is 1.87. The van der Waals surface area contributed by atoms with Crippen LogP contribution in [0.5, 0.6) is 0 Å². The second-order valence-electron chi connectivity index (χ2n) is 3.74. The van der Waals surface area contributed by atoms with Crippen molar-refractivity contribution in [2.24, 2.45) is 0 Å². The molecule has 0 saturated heterocycles. The maximum absolute atomic E-state index is 12.6. The van der Waals surface area contributed by atoms with Crippen LogP contribution in [0.2, 0.25) is 0 Å². The Morgan fingerprint density at radius 1 is 1.14 bits per heavy atom. The van der Waals surface area contributed by atoms with Gasteiger partial charge in [-0.3, -0.25) is 4.84 Å². The van der Waals surface area contributed by atoms with Crippen LogP contribution in [0.3, 0.4) is 0 Å². The summed E-state index contributed by atoms with van der Waals surface area (Å²) in [6.45, 7) is 0. The van der Waals surface area contributed by atoms with E-state index in [0.717, 1.165) is 12.8 Å². The van der Waals surface area contributed by atoms with E-state index in [0.29, 0.717) is 6.10 Å². The standard InChI is InChI=1S/C11H15FNO/c12-10-6-8-13(9-7-10)14-11-4-2-1-3-5-11/h6-9,11H,1-5H2/q+1. The normalized spacial score (nSPS) is 18.1. The van der Waals surface area contributed by atoms with Gasteiger partial charge in [-0.05, 0) is 25.7 Å². The first-order valence-corrected chi connectivity index (χ1v) is 5.18. The summed E-state index contributed by atoms with van der Waals surface area (Å²) in [5.41, 5.74) is 0. The van der Waals surface area contributed by atoms with Crippen molar-refractivity contribution in [3.63, 3.8) is 0 Å². The highest BCUT2D eigenvalue weighted by molar-refractivity contribution is 4.88. The Hall–Kier alpha value is -1.12. The van der Waals surface area contributed by atoms with Crippen LogP contribution in [0.1, 0.15) is 32.1 Å². The fraction of sp³-hybridized carbons (Fsp3) is 0.545. The largest absolute Gasteiger partial charge is 0.268 e. The molecule has 76 valence electrons. The predicted molar refractivity (Wildman–Crippen MR) is 50.0 cm³/mol. The summed E-state index contributed by atoms with van der Waals surface area (Å²) in [6.07, 6.45) is 9.56. The van der Waals surface area contributed by atoms with Crippen molar-refractivity contribution in [3.8, 4) is 0 Å². The van der Waals surface area contributed by atoms with Gasteiger partial charge in [0.15, 0.2) is 6.10 Å². The summed E-state index contributed by atoms with van der Waals surface area (Å²) in [5.74, 6) is -0.228. The maximum atomic E-state index is 12.6. The first-order valence-electron chi connectivity index (χ1n) is 5.18. The number of nitrogens with zero attached hydrogens (tertiary/aromatic N) is 1. The smallest absolute Gasteiger partial charge is 0.225 e. The van der Waals surface area contributed by atoms with E-state index in [1.165, 1.54) is 31.4 Å². The lowest BCUT2D eigenvalue weighted by Crippen LogP contribution is -2.47. The number of pyridine rings is 1. The lowest BCUT2D eigenvalue weighted by Gasteiger charge is -2.17. The van der Waals surface area contributed by atoms with Crippen molar-refractivity contribution in [1.82, 2.24) is 0 Å². The Morgan fingerprint density at radius 3 is 2.43 bits per heavy atom. The minimum Gasteiger partial charge on any atom is -0.268 e. The fourth-order valence-corrected chi connectivity index (χ4v) is 1.81. The van der Waals surface area contributed by atoms with Crippen LogP contribution in [-0.2, 0) is 0 Å². The number of halogens is 1. The lowest BCUT2D eigenvalue weighted by atomic mass is 9.98. The van der Waals surface area contributed by atoms with Gasteiger partial charge in [0.05, 0.1) is 0 Å². The van der Waals surface area contributed by atoms with E-state index in [9.17, 15) is 4.39 Å². The second kappa shape index (κ2) is 4.40. The van der Waals surface area contributed by atoms with Crippen LogP contribution in [-0.4, -0.2) is 6.10 Å². The Kier molecular flexibility index (Phi) is 2.96. The van der Waals surface area contributed by atoms with E-state index in [4.69, 9.17) is 4.84 Å². The molecule has 0 atom stereocenters. The van der Waals surface area contributed by atoms with Crippen LogP contribution >= 0.6 is 0 Å². The molecule has 0 spiro atoms. The van der Waals surface area contributed by atoms with Gasteiger partial charge in [0, 0.05) is 16.9 Å². The minimum atomic E-state index is -0.228. The molecular formula is C11H15FNO+. The molecule has 0 N–H and O–H groups in total. The van der Waals surface area contributed by atoms with Crippen LogP contribution in [0, 0.1) is 5.82 Å². The van der Waals surface area contributed by atoms with Gasteiger partial charge in [0.2, 0.25) is 12.4 Å². The summed E-state index contributed by atoms with van der Waals surface area (Å²) < 4.78 is 14.2. The monoisotopic (exact) mass is 196 g/mol. The van der Waals surface area contributed by atoms with E-state index in [1.54, 1.807) is 17.1 Å². The topological polar surface area (TPSA) is 13.1 Å². The van der Waals surface area contributed by atoms with Gasteiger partial charge in [0.1, 0.15) is 5.82 Å². The Labute approximate surface area is 83.3 Å². The first kappa shape index (κ1) is 9.44. The molecule has 1 fully saturated rings. The molecule has 0 unspecified atom stereocenters. The van der Waals surface area contributed by atoms with Gasteiger partial charge in [-0.15, -0.1) is 0 Å². The average Bonchev–Trinajstić information content (AvgIpc) is 2.23. The van der Waals surface area contributed by atoms with Gasteiger partial charge in [-0.25, -0.2) is 4.39 Å². The van der Waals surface area contributed by atoms with Gasteiger partial charge < -0.3 is 0 Å². The minimum absolute atomic E-state index is 0.228. The third-order valence-corrected chi connectivity index (χ3v) is 2.58. The van der Waals surface area contributed by atoms with E-state index in [2.05, 4.69) is 0 Å². The molecule has 2 rings (SSSR count). The SMILES string of the molecule is Fc1cc[n+](OC2CCCCC2)cc1. The molecule has 14 heavy (non-hydrogen) atoms. The fourth-order valence-electron chi connectivity index (χ4n) is 1.81. The van der Waals surface area contributed by atoms with Crippen LogP contribution in [0.15, 0.2) is 24.5 Å². The molecule has 0 amide bonds. The summed E-state index contributed by atoms with van der Waals surface area (Å²) in [5, 5.41) is 0. The van der Waals surface area contributed by atoms with Crippen molar-refractivity contribution >= 4 is 0 Å². The average molecular weight is 196 g/mol. The highest BCUT2D eigenvalue weighted by Gasteiger charge is 2.18. The molecule has 0 aromatic carbocycles. The molecule has 1 saturated carbocycles. The summed E-state index contributed by atoms with van der Waals surface area (Å²) in [6, 6.07) is 2.81. The van der Waals surface area contributed by atoms with E-state index in [1.807, 2.05) is 0 Å². The molecule has 1 aromatic rings. The van der Waals surface area contributed by atoms with E-state index in [-0.39, 0.29) is 5.82 Å². The second-order valence-corrected chi connectivity index (χ2v) is 3.74. The van der Waals surface area contributed by atoms with Crippen molar-refractivity contribution in [2.75, 3.05) is 0 Å². The number of aromatic nitrogens is 1.